The Morgan fingerprint density at radius 1 is 1.36 bits per heavy atom. The number of H-pyrrole nitrogens is 1. The molecule has 0 aliphatic carbocycles. The minimum Gasteiger partial charge on any atom is -0.497 e. The monoisotopic (exact) mass is 339 g/mol. The third kappa shape index (κ3) is 4.79. The number of rotatable bonds is 5. The summed E-state index contributed by atoms with van der Waals surface area (Å²) in [5.41, 5.74) is 2.03. The van der Waals surface area contributed by atoms with Crippen LogP contribution in [0.15, 0.2) is 41.2 Å². The molecule has 1 N–H and O–H groups in total. The number of nitrogens with one attached hydrogen (secondary N) is 1. The quantitative estimate of drug-likeness (QED) is 0.910. The molecule has 1 aliphatic heterocycles. The van der Waals surface area contributed by atoms with Gasteiger partial charge in [-0.1, -0.05) is 24.3 Å². The molecule has 3 rings (SSSR count). The fourth-order valence-corrected chi connectivity index (χ4v) is 3.33. The maximum atomic E-state index is 11.7. The molecule has 1 saturated heterocycles. The first kappa shape index (κ1) is 17.4. The number of methoxy groups -OCH3 is 1. The first-order valence-corrected chi connectivity index (χ1v) is 8.75. The number of benzene rings is 1. The summed E-state index contributed by atoms with van der Waals surface area (Å²) in [5.74, 6) is 1.90. The third-order valence-electron chi connectivity index (χ3n) is 4.59. The molecule has 2 heterocycles. The van der Waals surface area contributed by atoms with Gasteiger partial charge in [-0.15, -0.1) is 0 Å². The summed E-state index contributed by atoms with van der Waals surface area (Å²) in [6, 6.07) is 9.69. The molecule has 0 bridgehead atoms. The van der Waals surface area contributed by atoms with E-state index < -0.39 is 0 Å². The van der Waals surface area contributed by atoms with Gasteiger partial charge < -0.3 is 9.72 Å². The maximum Gasteiger partial charge on any atom is 0.251 e. The zero-order valence-corrected chi connectivity index (χ0v) is 14.9. The highest BCUT2D eigenvalue weighted by atomic mass is 16.5. The molecule has 1 fully saturated rings. The van der Waals surface area contributed by atoms with Crippen molar-refractivity contribution in [2.45, 2.75) is 25.7 Å². The number of piperidine rings is 1. The Kier molecular flexibility index (Phi) is 5.66. The molecule has 1 atom stereocenters. The highest BCUT2D eigenvalue weighted by Crippen LogP contribution is 2.24. The number of likely N-dealkylation sites (tertiary alicyclic amines) is 1. The largest absolute Gasteiger partial charge is 0.497 e. The fourth-order valence-electron chi connectivity index (χ4n) is 3.33. The number of hydrogen-bond donors (Lipinski definition) is 1. The van der Waals surface area contributed by atoms with Crippen molar-refractivity contribution in [3.63, 3.8) is 0 Å². The van der Waals surface area contributed by atoms with Crippen LogP contribution in [0, 0.1) is 6.92 Å². The maximum absolute atomic E-state index is 11.7. The standard InChI is InChI=1S/C20H25N3O2/c1-15-21-19(13-20(24)22-15)17-6-4-12-23(14-17)11-3-5-16-7-9-18(25-2)10-8-16/h3,5,7-10,13,17H,4,6,11-12,14H2,1-2H3,(H,21,22,24). The Balaban J connectivity index is 1.59. The summed E-state index contributed by atoms with van der Waals surface area (Å²) in [5, 5.41) is 0. The molecular formula is C20H25N3O2. The van der Waals surface area contributed by atoms with Crippen molar-refractivity contribution in [2.24, 2.45) is 0 Å². The van der Waals surface area contributed by atoms with E-state index in [4.69, 9.17) is 4.74 Å². The Hall–Kier alpha value is -2.40. The lowest BCUT2D eigenvalue weighted by Crippen LogP contribution is -2.35. The highest BCUT2D eigenvalue weighted by Gasteiger charge is 2.22. The number of aryl methyl sites for hydroxylation is 1. The summed E-state index contributed by atoms with van der Waals surface area (Å²) in [6.07, 6.45) is 6.56. The molecule has 5 heteroatoms. The number of nitrogens with zero attached hydrogens (tertiary/aromatic N) is 2. The van der Waals surface area contributed by atoms with E-state index in [1.807, 2.05) is 19.1 Å². The summed E-state index contributed by atoms with van der Waals surface area (Å²) in [6.45, 7) is 4.78. The van der Waals surface area contributed by atoms with Gasteiger partial charge in [-0.3, -0.25) is 9.69 Å². The number of ether oxygens (including phenoxy) is 1. The number of hydrogen-bond acceptors (Lipinski definition) is 4. The predicted octanol–water partition coefficient (Wildman–Crippen LogP) is 2.98. The van der Waals surface area contributed by atoms with Crippen LogP contribution >= 0.6 is 0 Å². The molecule has 0 radical (unpaired) electrons. The van der Waals surface area contributed by atoms with Gasteiger partial charge in [-0.05, 0) is 44.0 Å². The van der Waals surface area contributed by atoms with Gasteiger partial charge in [0.25, 0.3) is 5.56 Å². The SMILES string of the molecule is COc1ccc(C=CCN2CCCC(c3cc(=O)[nH]c(C)n3)C2)cc1. The van der Waals surface area contributed by atoms with E-state index in [0.29, 0.717) is 11.7 Å². The third-order valence-corrected chi connectivity index (χ3v) is 4.59. The van der Waals surface area contributed by atoms with Gasteiger partial charge in [0.1, 0.15) is 11.6 Å². The van der Waals surface area contributed by atoms with Gasteiger partial charge in [0, 0.05) is 25.1 Å². The molecule has 5 nitrogen and oxygen atoms in total. The summed E-state index contributed by atoms with van der Waals surface area (Å²) < 4.78 is 5.18. The smallest absolute Gasteiger partial charge is 0.251 e. The molecule has 0 saturated carbocycles. The van der Waals surface area contributed by atoms with Crippen molar-refractivity contribution in [3.05, 3.63) is 63.8 Å². The number of aromatic nitrogens is 2. The topological polar surface area (TPSA) is 58.2 Å². The lowest BCUT2D eigenvalue weighted by Gasteiger charge is -2.31. The predicted molar refractivity (Wildman–Crippen MR) is 100 cm³/mol. The first-order valence-electron chi connectivity index (χ1n) is 8.75. The second-order valence-corrected chi connectivity index (χ2v) is 6.53. The van der Waals surface area contributed by atoms with Gasteiger partial charge in [-0.2, -0.15) is 0 Å². The van der Waals surface area contributed by atoms with E-state index in [1.165, 1.54) is 5.56 Å². The normalized spacial score (nSPS) is 18.6. The van der Waals surface area contributed by atoms with Crippen molar-refractivity contribution < 1.29 is 4.74 Å². The van der Waals surface area contributed by atoms with Gasteiger partial charge in [0.05, 0.1) is 12.8 Å². The molecule has 1 aliphatic rings. The number of aromatic amines is 1. The minimum absolute atomic E-state index is 0.0565. The molecule has 0 amide bonds. The van der Waals surface area contributed by atoms with E-state index >= 15 is 0 Å². The van der Waals surface area contributed by atoms with Gasteiger partial charge >= 0.3 is 0 Å². The van der Waals surface area contributed by atoms with Crippen LogP contribution in [0.1, 0.15) is 35.8 Å². The molecule has 1 unspecified atom stereocenters. The van der Waals surface area contributed by atoms with E-state index in [2.05, 4.69) is 39.2 Å². The summed E-state index contributed by atoms with van der Waals surface area (Å²) in [4.78, 5) is 21.3. The second kappa shape index (κ2) is 8.12. The van der Waals surface area contributed by atoms with Crippen LogP contribution < -0.4 is 10.3 Å². The molecule has 2 aromatic rings. The van der Waals surface area contributed by atoms with E-state index in [0.717, 1.165) is 43.9 Å². The zero-order valence-electron chi connectivity index (χ0n) is 14.9. The van der Waals surface area contributed by atoms with Gasteiger partial charge in [-0.25, -0.2) is 4.98 Å². The van der Waals surface area contributed by atoms with Crippen LogP contribution in [0.2, 0.25) is 0 Å². The van der Waals surface area contributed by atoms with E-state index in [-0.39, 0.29) is 5.56 Å². The van der Waals surface area contributed by atoms with Crippen molar-refractivity contribution in [1.82, 2.24) is 14.9 Å². The lowest BCUT2D eigenvalue weighted by molar-refractivity contribution is 0.226. The van der Waals surface area contributed by atoms with Crippen molar-refractivity contribution >= 4 is 6.08 Å². The van der Waals surface area contributed by atoms with E-state index in [1.54, 1.807) is 13.2 Å². The molecular weight excluding hydrogens is 314 g/mol. The molecule has 25 heavy (non-hydrogen) atoms. The van der Waals surface area contributed by atoms with Crippen molar-refractivity contribution in [1.29, 1.82) is 0 Å². The van der Waals surface area contributed by atoms with Crippen LogP contribution in [0.4, 0.5) is 0 Å². The average Bonchev–Trinajstić information content (AvgIpc) is 2.62. The van der Waals surface area contributed by atoms with Gasteiger partial charge in [0.2, 0.25) is 0 Å². The van der Waals surface area contributed by atoms with Crippen LogP contribution in [0.5, 0.6) is 5.75 Å². The van der Waals surface area contributed by atoms with Crippen LogP contribution in [-0.2, 0) is 0 Å². The Morgan fingerprint density at radius 2 is 2.16 bits per heavy atom. The van der Waals surface area contributed by atoms with Gasteiger partial charge in [0.15, 0.2) is 0 Å². The second-order valence-electron chi connectivity index (χ2n) is 6.53. The molecule has 1 aromatic carbocycles. The minimum atomic E-state index is -0.0565. The van der Waals surface area contributed by atoms with E-state index in [9.17, 15) is 4.79 Å². The first-order chi connectivity index (χ1) is 12.1. The summed E-state index contributed by atoms with van der Waals surface area (Å²) in [7, 11) is 1.68. The Morgan fingerprint density at radius 3 is 2.88 bits per heavy atom. The zero-order chi connectivity index (χ0) is 17.6. The Labute approximate surface area is 148 Å². The van der Waals surface area contributed by atoms with Crippen LogP contribution in [0.25, 0.3) is 6.08 Å². The van der Waals surface area contributed by atoms with Crippen molar-refractivity contribution in [3.8, 4) is 5.75 Å². The van der Waals surface area contributed by atoms with Crippen LogP contribution in [-0.4, -0.2) is 41.6 Å². The lowest BCUT2D eigenvalue weighted by atomic mass is 9.94. The van der Waals surface area contributed by atoms with Crippen molar-refractivity contribution in [2.75, 3.05) is 26.7 Å². The summed E-state index contributed by atoms with van der Waals surface area (Å²) >= 11 is 0. The molecule has 0 spiro atoms. The van der Waals surface area contributed by atoms with Crippen LogP contribution in [0.3, 0.4) is 0 Å². The highest BCUT2D eigenvalue weighted by molar-refractivity contribution is 5.50. The molecule has 132 valence electrons. The average molecular weight is 339 g/mol. The fraction of sp³-hybridized carbons (Fsp3) is 0.400. The Bertz CT molecular complexity index is 780. The molecule has 1 aromatic heterocycles.